The minimum Gasteiger partial charge on any atom is -0.507 e. The molecule has 0 spiro atoms. The van der Waals surface area contributed by atoms with Crippen LogP contribution in [0.4, 0.5) is 0 Å². The number of hydrazone groups is 1. The van der Waals surface area contributed by atoms with E-state index in [1.165, 1.54) is 24.4 Å². The predicted octanol–water partition coefficient (Wildman–Crippen LogP) is 4.39. The summed E-state index contributed by atoms with van der Waals surface area (Å²) in [5, 5.41) is 14.0. The number of hydrogen-bond acceptors (Lipinski definition) is 4. The number of nitrogens with zero attached hydrogens (tertiary/aromatic N) is 1. The first-order chi connectivity index (χ1) is 13.1. The quantitative estimate of drug-likeness (QED) is 0.492. The van der Waals surface area contributed by atoms with E-state index in [0.717, 1.165) is 11.1 Å². The van der Waals surface area contributed by atoms with Gasteiger partial charge in [-0.05, 0) is 41.5 Å². The zero-order chi connectivity index (χ0) is 19.1. The number of amides is 1. The van der Waals surface area contributed by atoms with E-state index in [2.05, 4.69) is 10.5 Å². The molecule has 136 valence electrons. The smallest absolute Gasteiger partial charge is 0.275 e. The molecule has 0 saturated heterocycles. The number of hydrogen-bond donors (Lipinski definition) is 2. The van der Waals surface area contributed by atoms with E-state index >= 15 is 0 Å². The lowest BCUT2D eigenvalue weighted by atomic mass is 10.2. The predicted molar refractivity (Wildman–Crippen MR) is 105 cm³/mol. The van der Waals surface area contributed by atoms with Crippen LogP contribution in [0.5, 0.6) is 11.5 Å². The van der Waals surface area contributed by atoms with Crippen LogP contribution in [-0.2, 0) is 6.61 Å². The van der Waals surface area contributed by atoms with E-state index in [4.69, 9.17) is 16.3 Å². The lowest BCUT2D eigenvalue weighted by molar-refractivity contribution is 0.0952. The number of aromatic hydroxyl groups is 1. The first-order valence-electron chi connectivity index (χ1n) is 8.20. The molecule has 0 saturated carbocycles. The molecule has 0 unspecified atom stereocenters. The van der Waals surface area contributed by atoms with Gasteiger partial charge in [-0.1, -0.05) is 54.1 Å². The number of carbonyl (C=O) groups excluding carboxylic acids is 1. The van der Waals surface area contributed by atoms with Gasteiger partial charge in [0.05, 0.1) is 11.8 Å². The highest BCUT2D eigenvalue weighted by Crippen LogP contribution is 2.21. The Morgan fingerprint density at radius 2 is 1.89 bits per heavy atom. The molecule has 0 aliphatic heterocycles. The summed E-state index contributed by atoms with van der Waals surface area (Å²) in [4.78, 5) is 12.1. The molecule has 0 aromatic heterocycles. The van der Waals surface area contributed by atoms with Gasteiger partial charge in [-0.3, -0.25) is 4.79 Å². The van der Waals surface area contributed by atoms with E-state index in [0.29, 0.717) is 17.4 Å². The summed E-state index contributed by atoms with van der Waals surface area (Å²) in [6.07, 6.45) is 1.49. The van der Waals surface area contributed by atoms with Crippen LogP contribution >= 0.6 is 11.6 Å². The third kappa shape index (κ3) is 5.33. The highest BCUT2D eigenvalue weighted by Gasteiger charge is 2.10. The highest BCUT2D eigenvalue weighted by molar-refractivity contribution is 6.31. The summed E-state index contributed by atoms with van der Waals surface area (Å²) in [5.41, 5.74) is 4.25. The monoisotopic (exact) mass is 380 g/mol. The van der Waals surface area contributed by atoms with Gasteiger partial charge in [0, 0.05) is 5.02 Å². The molecule has 27 heavy (non-hydrogen) atoms. The number of benzene rings is 3. The Morgan fingerprint density at radius 3 is 2.70 bits per heavy atom. The minimum absolute atomic E-state index is 0.0552. The van der Waals surface area contributed by atoms with Crippen LogP contribution < -0.4 is 10.2 Å². The van der Waals surface area contributed by atoms with Crippen molar-refractivity contribution >= 4 is 23.7 Å². The topological polar surface area (TPSA) is 70.9 Å². The van der Waals surface area contributed by atoms with Crippen LogP contribution in [0.25, 0.3) is 0 Å². The van der Waals surface area contributed by atoms with Gasteiger partial charge in [0.2, 0.25) is 0 Å². The number of rotatable bonds is 6. The normalized spacial score (nSPS) is 10.7. The fourth-order valence-electron chi connectivity index (χ4n) is 2.34. The standard InChI is InChI=1S/C21H17ClN2O3/c22-17-9-10-20(25)19(12-17)21(26)24-23-13-16-7-4-8-18(11-16)27-14-15-5-2-1-3-6-15/h1-13,25H,14H2,(H,24,26)/b23-13+. The summed E-state index contributed by atoms with van der Waals surface area (Å²) in [6, 6.07) is 21.4. The van der Waals surface area contributed by atoms with Crippen molar-refractivity contribution in [1.29, 1.82) is 0 Å². The van der Waals surface area contributed by atoms with Crippen LogP contribution in [0.2, 0.25) is 5.02 Å². The van der Waals surface area contributed by atoms with E-state index in [1.54, 1.807) is 0 Å². The van der Waals surface area contributed by atoms with Crippen molar-refractivity contribution in [2.75, 3.05) is 0 Å². The number of halogens is 1. The lowest BCUT2D eigenvalue weighted by Gasteiger charge is -2.07. The van der Waals surface area contributed by atoms with Crippen LogP contribution in [0.3, 0.4) is 0 Å². The van der Waals surface area contributed by atoms with Gasteiger partial charge in [-0.15, -0.1) is 0 Å². The second kappa shape index (κ2) is 8.87. The Hall–Kier alpha value is -3.31. The van der Waals surface area contributed by atoms with Crippen LogP contribution in [0, 0.1) is 0 Å². The third-order valence-electron chi connectivity index (χ3n) is 3.69. The first kappa shape index (κ1) is 18.5. The van der Waals surface area contributed by atoms with Gasteiger partial charge in [-0.2, -0.15) is 5.10 Å². The van der Waals surface area contributed by atoms with Crippen LogP contribution in [0.15, 0.2) is 77.9 Å². The molecule has 3 aromatic rings. The molecule has 1 amide bonds. The van der Waals surface area contributed by atoms with Gasteiger partial charge in [-0.25, -0.2) is 5.43 Å². The maximum Gasteiger partial charge on any atom is 0.275 e. The number of phenols is 1. The highest BCUT2D eigenvalue weighted by atomic mass is 35.5. The average molecular weight is 381 g/mol. The summed E-state index contributed by atoms with van der Waals surface area (Å²) in [6.45, 7) is 0.464. The van der Waals surface area contributed by atoms with Gasteiger partial charge < -0.3 is 9.84 Å². The third-order valence-corrected chi connectivity index (χ3v) is 3.92. The molecular formula is C21H17ClN2O3. The van der Waals surface area contributed by atoms with Crippen molar-refractivity contribution in [1.82, 2.24) is 5.43 Å². The Kier molecular flexibility index (Phi) is 6.07. The fraction of sp³-hybridized carbons (Fsp3) is 0.0476. The Bertz CT molecular complexity index is 959. The Balaban J connectivity index is 1.60. The zero-order valence-corrected chi connectivity index (χ0v) is 15.1. The second-order valence-electron chi connectivity index (χ2n) is 5.71. The lowest BCUT2D eigenvalue weighted by Crippen LogP contribution is -2.17. The van der Waals surface area contributed by atoms with Crippen molar-refractivity contribution in [2.24, 2.45) is 5.10 Å². The molecule has 3 rings (SSSR count). The van der Waals surface area contributed by atoms with E-state index < -0.39 is 5.91 Å². The van der Waals surface area contributed by atoms with Gasteiger partial charge >= 0.3 is 0 Å². The van der Waals surface area contributed by atoms with E-state index in [-0.39, 0.29) is 11.3 Å². The summed E-state index contributed by atoms with van der Waals surface area (Å²) in [7, 11) is 0. The molecule has 0 fully saturated rings. The van der Waals surface area contributed by atoms with E-state index in [9.17, 15) is 9.90 Å². The van der Waals surface area contributed by atoms with Gasteiger partial charge in [0.1, 0.15) is 18.1 Å². The summed E-state index contributed by atoms with van der Waals surface area (Å²) >= 11 is 5.84. The fourth-order valence-corrected chi connectivity index (χ4v) is 2.51. The molecule has 5 nitrogen and oxygen atoms in total. The molecule has 0 heterocycles. The molecule has 6 heteroatoms. The van der Waals surface area contributed by atoms with Crippen molar-refractivity contribution in [3.05, 3.63) is 94.5 Å². The summed E-state index contributed by atoms with van der Waals surface area (Å²) < 4.78 is 5.76. The van der Waals surface area contributed by atoms with Crippen molar-refractivity contribution < 1.29 is 14.6 Å². The van der Waals surface area contributed by atoms with Crippen molar-refractivity contribution in [3.8, 4) is 11.5 Å². The molecule has 3 aromatic carbocycles. The molecular weight excluding hydrogens is 364 g/mol. The van der Waals surface area contributed by atoms with Crippen LogP contribution in [0.1, 0.15) is 21.5 Å². The largest absolute Gasteiger partial charge is 0.507 e. The average Bonchev–Trinajstić information content (AvgIpc) is 2.69. The molecule has 2 N–H and O–H groups in total. The SMILES string of the molecule is O=C(N/N=C/c1cccc(OCc2ccccc2)c1)c1cc(Cl)ccc1O. The van der Waals surface area contributed by atoms with Crippen molar-refractivity contribution in [3.63, 3.8) is 0 Å². The zero-order valence-electron chi connectivity index (χ0n) is 14.3. The molecule has 0 radical (unpaired) electrons. The van der Waals surface area contributed by atoms with Gasteiger partial charge in [0.15, 0.2) is 0 Å². The van der Waals surface area contributed by atoms with Crippen LogP contribution in [-0.4, -0.2) is 17.2 Å². The Labute approximate surface area is 161 Å². The first-order valence-corrected chi connectivity index (χ1v) is 8.58. The maximum atomic E-state index is 12.1. The molecule has 0 aliphatic rings. The number of phenolic OH excluding ortho intramolecular Hbond substituents is 1. The maximum absolute atomic E-state index is 12.1. The summed E-state index contributed by atoms with van der Waals surface area (Å²) in [5.74, 6) is -0.0206. The van der Waals surface area contributed by atoms with Gasteiger partial charge in [0.25, 0.3) is 5.91 Å². The van der Waals surface area contributed by atoms with E-state index in [1.807, 2.05) is 54.6 Å². The Morgan fingerprint density at radius 1 is 1.07 bits per heavy atom. The molecule has 0 bridgehead atoms. The molecule has 0 atom stereocenters. The van der Waals surface area contributed by atoms with Crippen molar-refractivity contribution in [2.45, 2.75) is 6.61 Å². The second-order valence-corrected chi connectivity index (χ2v) is 6.14. The number of ether oxygens (including phenoxy) is 1. The minimum atomic E-state index is -0.553. The number of nitrogens with one attached hydrogen (secondary N) is 1. The number of carbonyl (C=O) groups is 1. The molecule has 0 aliphatic carbocycles.